The van der Waals surface area contributed by atoms with Crippen LogP contribution in [-0.4, -0.2) is 44.3 Å². The number of carbonyl (C=O) groups excluding carboxylic acids is 2. The molecule has 41 heavy (non-hydrogen) atoms. The first-order chi connectivity index (χ1) is 19.3. The molecule has 3 aromatic rings. The van der Waals surface area contributed by atoms with Crippen molar-refractivity contribution in [2.45, 2.75) is 43.9 Å². The molecule has 0 fully saturated rings. The fraction of sp³-hybridized carbons (Fsp3) is 0.286. The van der Waals surface area contributed by atoms with Crippen LogP contribution in [0.4, 0.5) is 18.9 Å². The Morgan fingerprint density at radius 2 is 1.59 bits per heavy atom. The predicted octanol–water partition coefficient (Wildman–Crippen LogP) is 6.15. The standard InChI is InChI=1S/C28H28Cl2F3N3O4S/c1-3-24(27(38)34-4-2)35(17-19-10-13-21(29)14-11-19)26(37)18-36(41(39,40)22-8-6-5-7-9-22)25-16-20(28(31,32)33)12-15-23(25)30/h5-16,24H,3-4,17-18H2,1-2H3,(H,34,38)/t24-/m1/s1. The number of alkyl halides is 3. The normalized spacial score (nSPS) is 12.5. The lowest BCUT2D eigenvalue weighted by Gasteiger charge is -2.33. The van der Waals surface area contributed by atoms with E-state index in [4.69, 9.17) is 23.2 Å². The van der Waals surface area contributed by atoms with Crippen LogP contribution in [0.1, 0.15) is 31.4 Å². The van der Waals surface area contributed by atoms with Crippen LogP contribution in [0.2, 0.25) is 10.0 Å². The summed E-state index contributed by atoms with van der Waals surface area (Å²) in [7, 11) is -4.59. The van der Waals surface area contributed by atoms with Crippen molar-refractivity contribution < 1.29 is 31.2 Å². The maximum atomic E-state index is 13.9. The third-order valence-corrected chi connectivity index (χ3v) is 8.50. The monoisotopic (exact) mass is 629 g/mol. The average Bonchev–Trinajstić information content (AvgIpc) is 2.93. The first-order valence-corrected chi connectivity index (χ1v) is 14.7. The van der Waals surface area contributed by atoms with Gasteiger partial charge in [-0.2, -0.15) is 13.2 Å². The lowest BCUT2D eigenvalue weighted by atomic mass is 10.1. The minimum absolute atomic E-state index is 0.0960. The van der Waals surface area contributed by atoms with Crippen LogP contribution in [0.3, 0.4) is 0 Å². The van der Waals surface area contributed by atoms with E-state index in [0.29, 0.717) is 21.0 Å². The number of amides is 2. The minimum Gasteiger partial charge on any atom is -0.355 e. The molecule has 0 aromatic heterocycles. The molecule has 0 saturated heterocycles. The Kier molecular flexibility index (Phi) is 10.7. The molecule has 0 heterocycles. The molecule has 0 unspecified atom stereocenters. The second-order valence-corrected chi connectivity index (χ2v) is 11.7. The number of nitrogens with zero attached hydrogens (tertiary/aromatic N) is 2. The van der Waals surface area contributed by atoms with Crippen molar-refractivity contribution >= 4 is 50.7 Å². The Labute approximate surface area is 246 Å². The zero-order valence-electron chi connectivity index (χ0n) is 22.2. The van der Waals surface area contributed by atoms with E-state index in [1.807, 2.05) is 0 Å². The number of anilines is 1. The fourth-order valence-corrected chi connectivity index (χ4v) is 5.95. The van der Waals surface area contributed by atoms with Gasteiger partial charge in [-0.1, -0.05) is 60.5 Å². The van der Waals surface area contributed by atoms with Gasteiger partial charge in [0.15, 0.2) is 0 Å². The van der Waals surface area contributed by atoms with Gasteiger partial charge in [0.25, 0.3) is 10.0 Å². The van der Waals surface area contributed by atoms with E-state index in [1.165, 1.54) is 29.2 Å². The first-order valence-electron chi connectivity index (χ1n) is 12.6. The average molecular weight is 631 g/mol. The van der Waals surface area contributed by atoms with Crippen molar-refractivity contribution in [1.82, 2.24) is 10.2 Å². The van der Waals surface area contributed by atoms with Crippen LogP contribution in [0, 0.1) is 0 Å². The summed E-state index contributed by atoms with van der Waals surface area (Å²) >= 11 is 12.2. The van der Waals surface area contributed by atoms with Gasteiger partial charge in [-0.05, 0) is 61.4 Å². The van der Waals surface area contributed by atoms with Gasteiger partial charge in [-0.25, -0.2) is 8.42 Å². The first kappa shape index (κ1) is 32.2. The van der Waals surface area contributed by atoms with Crippen LogP contribution >= 0.6 is 23.2 Å². The van der Waals surface area contributed by atoms with E-state index in [-0.39, 0.29) is 29.4 Å². The Morgan fingerprint density at radius 1 is 0.951 bits per heavy atom. The highest BCUT2D eigenvalue weighted by molar-refractivity contribution is 7.92. The summed E-state index contributed by atoms with van der Waals surface area (Å²) in [6, 6.07) is 14.7. The molecule has 1 N–H and O–H groups in total. The number of carbonyl (C=O) groups is 2. The lowest BCUT2D eigenvalue weighted by molar-refractivity contribution is -0.140. The van der Waals surface area contributed by atoms with E-state index in [2.05, 4.69) is 5.32 Å². The number of nitrogens with one attached hydrogen (secondary N) is 1. The zero-order valence-corrected chi connectivity index (χ0v) is 24.5. The topological polar surface area (TPSA) is 86.8 Å². The third-order valence-electron chi connectivity index (χ3n) is 6.16. The maximum Gasteiger partial charge on any atom is 0.416 e. The van der Waals surface area contributed by atoms with Crippen LogP contribution in [0.15, 0.2) is 77.7 Å². The molecule has 0 spiro atoms. The summed E-state index contributed by atoms with van der Waals surface area (Å²) in [6.45, 7) is 2.65. The van der Waals surface area contributed by atoms with Gasteiger partial charge >= 0.3 is 6.18 Å². The smallest absolute Gasteiger partial charge is 0.355 e. The number of rotatable bonds is 11. The highest BCUT2D eigenvalue weighted by atomic mass is 35.5. The van der Waals surface area contributed by atoms with Crippen molar-refractivity contribution in [3.8, 4) is 0 Å². The highest BCUT2D eigenvalue weighted by Crippen LogP contribution is 2.37. The number of benzene rings is 3. The zero-order chi connectivity index (χ0) is 30.4. The molecular weight excluding hydrogens is 602 g/mol. The summed E-state index contributed by atoms with van der Waals surface area (Å²) in [5.41, 5.74) is -1.08. The Hall–Kier alpha value is -3.28. The van der Waals surface area contributed by atoms with Gasteiger partial charge in [-0.15, -0.1) is 0 Å². The van der Waals surface area contributed by atoms with Crippen LogP contribution in [0.25, 0.3) is 0 Å². The van der Waals surface area contributed by atoms with Crippen molar-refractivity contribution in [2.24, 2.45) is 0 Å². The fourth-order valence-electron chi connectivity index (χ4n) is 4.11. The quantitative estimate of drug-likeness (QED) is 0.276. The molecule has 13 heteroatoms. The number of hydrogen-bond acceptors (Lipinski definition) is 4. The highest BCUT2D eigenvalue weighted by Gasteiger charge is 2.36. The summed E-state index contributed by atoms with van der Waals surface area (Å²) in [4.78, 5) is 27.8. The predicted molar refractivity (Wildman–Crippen MR) is 152 cm³/mol. The van der Waals surface area contributed by atoms with Crippen LogP contribution in [-0.2, 0) is 32.3 Å². The molecule has 220 valence electrons. The number of halogens is 5. The van der Waals surface area contributed by atoms with E-state index in [9.17, 15) is 31.2 Å². The molecule has 3 aromatic carbocycles. The van der Waals surface area contributed by atoms with Gasteiger partial charge in [0.2, 0.25) is 11.8 Å². The maximum absolute atomic E-state index is 13.9. The molecule has 0 saturated carbocycles. The van der Waals surface area contributed by atoms with Gasteiger partial charge in [0.1, 0.15) is 12.6 Å². The molecule has 7 nitrogen and oxygen atoms in total. The molecule has 2 amide bonds. The van der Waals surface area contributed by atoms with Gasteiger partial charge in [0, 0.05) is 18.1 Å². The SMILES string of the molecule is CCNC(=O)[C@@H](CC)N(Cc1ccc(Cl)cc1)C(=O)CN(c1cc(C(F)(F)F)ccc1Cl)S(=O)(=O)c1ccccc1. The van der Waals surface area contributed by atoms with Crippen molar-refractivity contribution in [1.29, 1.82) is 0 Å². The molecular formula is C28H28Cl2F3N3O4S. The Bertz CT molecular complexity index is 1470. The van der Waals surface area contributed by atoms with E-state index in [0.717, 1.165) is 12.1 Å². The van der Waals surface area contributed by atoms with E-state index < -0.39 is 51.9 Å². The second-order valence-electron chi connectivity index (χ2n) is 8.96. The Morgan fingerprint density at radius 3 is 2.15 bits per heavy atom. The van der Waals surface area contributed by atoms with Crippen molar-refractivity contribution in [3.05, 3.63) is 94.0 Å². The number of likely N-dealkylation sites (N-methyl/N-ethyl adjacent to an activating group) is 1. The molecule has 0 aliphatic heterocycles. The summed E-state index contributed by atoms with van der Waals surface area (Å²) in [5.74, 6) is -1.29. The largest absolute Gasteiger partial charge is 0.416 e. The van der Waals surface area contributed by atoms with E-state index in [1.54, 1.807) is 44.2 Å². The van der Waals surface area contributed by atoms with Gasteiger partial charge in [-0.3, -0.25) is 13.9 Å². The van der Waals surface area contributed by atoms with Crippen molar-refractivity contribution in [3.63, 3.8) is 0 Å². The van der Waals surface area contributed by atoms with Gasteiger partial charge < -0.3 is 10.2 Å². The molecule has 0 radical (unpaired) electrons. The van der Waals surface area contributed by atoms with Crippen LogP contribution in [0.5, 0.6) is 0 Å². The third kappa shape index (κ3) is 7.93. The second kappa shape index (κ2) is 13.6. The summed E-state index contributed by atoms with van der Waals surface area (Å²) in [5, 5.41) is 2.80. The lowest BCUT2D eigenvalue weighted by Crippen LogP contribution is -2.52. The molecule has 0 bridgehead atoms. The van der Waals surface area contributed by atoms with Gasteiger partial charge in [0.05, 0.1) is 21.2 Å². The molecule has 1 atom stereocenters. The summed E-state index contributed by atoms with van der Waals surface area (Å²) in [6.07, 6.45) is -4.63. The van der Waals surface area contributed by atoms with Crippen molar-refractivity contribution in [2.75, 3.05) is 17.4 Å². The minimum atomic E-state index is -4.81. The molecule has 0 aliphatic rings. The molecule has 3 rings (SSSR count). The summed E-state index contributed by atoms with van der Waals surface area (Å²) < 4.78 is 69.0. The van der Waals surface area contributed by atoms with Crippen LogP contribution < -0.4 is 9.62 Å². The number of hydrogen-bond donors (Lipinski definition) is 1. The Balaban J connectivity index is 2.15. The van der Waals surface area contributed by atoms with E-state index >= 15 is 0 Å². The number of sulfonamides is 1. The molecule has 0 aliphatic carbocycles.